The van der Waals surface area contributed by atoms with E-state index in [4.69, 9.17) is 0 Å². The van der Waals surface area contributed by atoms with Crippen molar-refractivity contribution in [2.45, 2.75) is 40.7 Å². The Bertz CT molecular complexity index is 536. The minimum absolute atomic E-state index is 0.0605. The first-order valence-corrected chi connectivity index (χ1v) is 7.44. The molecule has 21 heavy (non-hydrogen) atoms. The Morgan fingerprint density at radius 3 is 2.76 bits per heavy atom. The molecule has 116 valence electrons. The standard InChI is InChI=1S/C15H24N4O2/c1-9(2)7-19-8-12(5-14(19)20)15(21)16-6-13-10(3)17-11(4)18-13/h9,12H,5-8H2,1-4H3,(H,16,21)(H,17,18). The molecule has 1 aromatic heterocycles. The number of hydrogen-bond donors (Lipinski definition) is 2. The third-order valence-corrected chi connectivity index (χ3v) is 3.70. The lowest BCUT2D eigenvalue weighted by molar-refractivity contribution is -0.129. The fraction of sp³-hybridized carbons (Fsp3) is 0.667. The topological polar surface area (TPSA) is 78.1 Å². The summed E-state index contributed by atoms with van der Waals surface area (Å²) in [5, 5.41) is 2.89. The zero-order valence-corrected chi connectivity index (χ0v) is 13.2. The number of nitrogens with one attached hydrogen (secondary N) is 2. The van der Waals surface area contributed by atoms with Crippen LogP contribution in [0.25, 0.3) is 0 Å². The molecule has 1 aliphatic heterocycles. The number of carbonyl (C=O) groups excluding carboxylic acids is 2. The predicted molar refractivity (Wildman–Crippen MR) is 79.4 cm³/mol. The first-order valence-electron chi connectivity index (χ1n) is 7.44. The average molecular weight is 292 g/mol. The zero-order valence-electron chi connectivity index (χ0n) is 13.2. The molecule has 1 aromatic rings. The van der Waals surface area contributed by atoms with Crippen LogP contribution in [0.1, 0.15) is 37.5 Å². The monoisotopic (exact) mass is 292 g/mol. The van der Waals surface area contributed by atoms with Crippen LogP contribution < -0.4 is 5.32 Å². The lowest BCUT2D eigenvalue weighted by Gasteiger charge is -2.18. The number of nitrogens with zero attached hydrogens (tertiary/aromatic N) is 2. The van der Waals surface area contributed by atoms with Gasteiger partial charge in [0.05, 0.1) is 18.2 Å². The van der Waals surface area contributed by atoms with Gasteiger partial charge in [-0.1, -0.05) is 13.8 Å². The number of imidazole rings is 1. The van der Waals surface area contributed by atoms with Gasteiger partial charge >= 0.3 is 0 Å². The van der Waals surface area contributed by atoms with Gasteiger partial charge in [0.1, 0.15) is 5.82 Å². The van der Waals surface area contributed by atoms with Crippen LogP contribution in [0.15, 0.2) is 0 Å². The van der Waals surface area contributed by atoms with E-state index in [1.165, 1.54) is 0 Å². The van der Waals surface area contributed by atoms with Gasteiger partial charge in [0, 0.05) is 25.2 Å². The second-order valence-electron chi connectivity index (χ2n) is 6.21. The van der Waals surface area contributed by atoms with E-state index in [1.807, 2.05) is 13.8 Å². The molecule has 6 heteroatoms. The maximum Gasteiger partial charge on any atom is 0.225 e. The molecule has 1 saturated heterocycles. The predicted octanol–water partition coefficient (Wildman–Crippen LogP) is 1.15. The van der Waals surface area contributed by atoms with E-state index >= 15 is 0 Å². The summed E-state index contributed by atoms with van der Waals surface area (Å²) in [6.45, 7) is 9.63. The van der Waals surface area contributed by atoms with Crippen LogP contribution in [-0.2, 0) is 16.1 Å². The molecular formula is C15H24N4O2. The second-order valence-corrected chi connectivity index (χ2v) is 6.21. The molecule has 1 fully saturated rings. The van der Waals surface area contributed by atoms with E-state index in [0.717, 1.165) is 23.8 Å². The number of H-pyrrole nitrogens is 1. The Kier molecular flexibility index (Phi) is 4.65. The Morgan fingerprint density at radius 1 is 1.48 bits per heavy atom. The molecule has 2 amide bonds. The van der Waals surface area contributed by atoms with Crippen molar-refractivity contribution in [2.75, 3.05) is 13.1 Å². The molecule has 1 atom stereocenters. The third kappa shape index (κ3) is 3.83. The lowest BCUT2D eigenvalue weighted by Crippen LogP contribution is -2.34. The maximum atomic E-state index is 12.2. The third-order valence-electron chi connectivity index (χ3n) is 3.70. The van der Waals surface area contributed by atoms with E-state index in [9.17, 15) is 9.59 Å². The number of hydrogen-bond acceptors (Lipinski definition) is 3. The lowest BCUT2D eigenvalue weighted by atomic mass is 10.1. The zero-order chi connectivity index (χ0) is 15.6. The number of likely N-dealkylation sites (tertiary alicyclic amines) is 1. The van der Waals surface area contributed by atoms with Crippen molar-refractivity contribution in [3.63, 3.8) is 0 Å². The van der Waals surface area contributed by atoms with Gasteiger partial charge in [-0.3, -0.25) is 9.59 Å². The molecule has 2 rings (SSSR count). The number of amides is 2. The second kappa shape index (κ2) is 6.28. The molecule has 2 heterocycles. The van der Waals surface area contributed by atoms with Gasteiger partial charge in [0.15, 0.2) is 0 Å². The summed E-state index contributed by atoms with van der Waals surface area (Å²) in [7, 11) is 0. The van der Waals surface area contributed by atoms with Crippen molar-refractivity contribution in [3.05, 3.63) is 17.2 Å². The van der Waals surface area contributed by atoms with Crippen LogP contribution >= 0.6 is 0 Å². The van der Waals surface area contributed by atoms with Crippen LogP contribution in [0.5, 0.6) is 0 Å². The first kappa shape index (κ1) is 15.5. The first-order chi connectivity index (χ1) is 9.86. The molecule has 6 nitrogen and oxygen atoms in total. The quantitative estimate of drug-likeness (QED) is 0.854. The van der Waals surface area contributed by atoms with Gasteiger partial charge in [-0.05, 0) is 19.8 Å². The highest BCUT2D eigenvalue weighted by molar-refractivity contribution is 5.89. The van der Waals surface area contributed by atoms with Crippen molar-refractivity contribution >= 4 is 11.8 Å². The number of carbonyl (C=O) groups is 2. The number of rotatable bonds is 5. The maximum absolute atomic E-state index is 12.2. The van der Waals surface area contributed by atoms with Gasteiger partial charge in [0.25, 0.3) is 0 Å². The molecule has 2 N–H and O–H groups in total. The Balaban J connectivity index is 1.87. The van der Waals surface area contributed by atoms with Crippen molar-refractivity contribution in [3.8, 4) is 0 Å². The Labute approximate surface area is 125 Å². The summed E-state index contributed by atoms with van der Waals surface area (Å²) in [5.41, 5.74) is 1.82. The Morgan fingerprint density at radius 2 is 2.19 bits per heavy atom. The van der Waals surface area contributed by atoms with Gasteiger partial charge in [-0.2, -0.15) is 0 Å². The van der Waals surface area contributed by atoms with Crippen LogP contribution in [0, 0.1) is 25.7 Å². The molecule has 0 radical (unpaired) electrons. The van der Waals surface area contributed by atoms with E-state index in [-0.39, 0.29) is 17.7 Å². The molecule has 0 bridgehead atoms. The van der Waals surface area contributed by atoms with Crippen molar-refractivity contribution in [1.82, 2.24) is 20.2 Å². The van der Waals surface area contributed by atoms with Gasteiger partial charge in [-0.15, -0.1) is 0 Å². The number of aryl methyl sites for hydroxylation is 2. The normalized spacial score (nSPS) is 18.6. The van der Waals surface area contributed by atoms with Crippen LogP contribution in [0.2, 0.25) is 0 Å². The van der Waals surface area contributed by atoms with Gasteiger partial charge in [-0.25, -0.2) is 4.98 Å². The van der Waals surface area contributed by atoms with Crippen molar-refractivity contribution in [2.24, 2.45) is 11.8 Å². The van der Waals surface area contributed by atoms with Crippen molar-refractivity contribution in [1.29, 1.82) is 0 Å². The van der Waals surface area contributed by atoms with Gasteiger partial charge in [0.2, 0.25) is 11.8 Å². The van der Waals surface area contributed by atoms with E-state index in [0.29, 0.717) is 25.4 Å². The minimum Gasteiger partial charge on any atom is -0.350 e. The van der Waals surface area contributed by atoms with Crippen LogP contribution in [-0.4, -0.2) is 39.8 Å². The molecule has 0 aliphatic carbocycles. The van der Waals surface area contributed by atoms with Crippen LogP contribution in [0.4, 0.5) is 0 Å². The summed E-state index contributed by atoms with van der Waals surface area (Å²) in [6, 6.07) is 0. The number of aromatic nitrogens is 2. The summed E-state index contributed by atoms with van der Waals surface area (Å²) in [5.74, 6) is 1.04. The Hall–Kier alpha value is -1.85. The molecule has 1 aliphatic rings. The molecule has 0 saturated carbocycles. The van der Waals surface area contributed by atoms with E-state index in [1.54, 1.807) is 4.90 Å². The summed E-state index contributed by atoms with van der Waals surface area (Å²) >= 11 is 0. The van der Waals surface area contributed by atoms with Gasteiger partial charge < -0.3 is 15.2 Å². The molecule has 0 spiro atoms. The fourth-order valence-corrected chi connectivity index (χ4v) is 2.71. The smallest absolute Gasteiger partial charge is 0.225 e. The highest BCUT2D eigenvalue weighted by atomic mass is 16.2. The van der Waals surface area contributed by atoms with E-state index in [2.05, 4.69) is 29.1 Å². The fourth-order valence-electron chi connectivity index (χ4n) is 2.71. The average Bonchev–Trinajstić information content (AvgIpc) is 2.89. The molecule has 0 aromatic carbocycles. The van der Waals surface area contributed by atoms with Crippen LogP contribution in [0.3, 0.4) is 0 Å². The van der Waals surface area contributed by atoms with Crippen molar-refractivity contribution < 1.29 is 9.59 Å². The minimum atomic E-state index is -0.239. The largest absolute Gasteiger partial charge is 0.350 e. The summed E-state index contributed by atoms with van der Waals surface area (Å²) in [6.07, 6.45) is 0.317. The molecule has 1 unspecified atom stereocenters. The van der Waals surface area contributed by atoms with E-state index < -0.39 is 0 Å². The highest BCUT2D eigenvalue weighted by Crippen LogP contribution is 2.19. The number of aromatic amines is 1. The summed E-state index contributed by atoms with van der Waals surface area (Å²) in [4.78, 5) is 33.3. The summed E-state index contributed by atoms with van der Waals surface area (Å²) < 4.78 is 0. The highest BCUT2D eigenvalue weighted by Gasteiger charge is 2.34. The molecular weight excluding hydrogens is 268 g/mol. The SMILES string of the molecule is Cc1nc(CNC(=O)C2CC(=O)N(CC(C)C)C2)c(C)[nH]1.